The van der Waals surface area contributed by atoms with Crippen molar-refractivity contribution in [2.45, 2.75) is 25.9 Å². The van der Waals surface area contributed by atoms with Gasteiger partial charge in [-0.25, -0.2) is 0 Å². The Hall–Kier alpha value is -3.10. The van der Waals surface area contributed by atoms with Gasteiger partial charge in [0, 0.05) is 21.4 Å². The summed E-state index contributed by atoms with van der Waals surface area (Å²) in [4.78, 5) is 12.7. The van der Waals surface area contributed by atoms with Crippen LogP contribution in [0.3, 0.4) is 0 Å². The lowest BCUT2D eigenvalue weighted by Gasteiger charge is -2.12. The van der Waals surface area contributed by atoms with Crippen LogP contribution in [0.4, 0.5) is 5.69 Å². The van der Waals surface area contributed by atoms with Crippen molar-refractivity contribution in [1.82, 2.24) is 14.8 Å². The molecule has 0 radical (unpaired) electrons. The van der Waals surface area contributed by atoms with Crippen molar-refractivity contribution in [1.29, 1.82) is 0 Å². The number of carbonyl (C=O) groups is 1. The molecule has 3 aromatic carbocycles. The molecule has 34 heavy (non-hydrogen) atoms. The minimum Gasteiger partial charge on any atom is -0.494 e. The molecule has 1 heterocycles. The van der Waals surface area contributed by atoms with Crippen LogP contribution in [0.5, 0.6) is 5.75 Å². The van der Waals surface area contributed by atoms with Gasteiger partial charge in [0.2, 0.25) is 5.91 Å². The van der Waals surface area contributed by atoms with Crippen LogP contribution in [0, 0.1) is 13.8 Å². The molecule has 6 nitrogen and oxygen atoms in total. The maximum atomic E-state index is 12.7. The first-order valence-electron chi connectivity index (χ1n) is 10.9. The Morgan fingerprint density at radius 2 is 1.85 bits per heavy atom. The van der Waals surface area contributed by atoms with Gasteiger partial charge in [0.1, 0.15) is 5.75 Å². The normalized spacial score (nSPS) is 10.8. The summed E-state index contributed by atoms with van der Waals surface area (Å²) in [5.74, 6) is 1.63. The summed E-state index contributed by atoms with van der Waals surface area (Å²) in [7, 11) is 0. The Morgan fingerprint density at radius 1 is 1.06 bits per heavy atom. The molecule has 0 spiro atoms. The number of thioether (sulfide) groups is 1. The van der Waals surface area contributed by atoms with Gasteiger partial charge in [-0.2, -0.15) is 0 Å². The highest BCUT2D eigenvalue weighted by atomic mass is 79.9. The average Bonchev–Trinajstić information content (AvgIpc) is 3.24. The molecule has 0 bridgehead atoms. The van der Waals surface area contributed by atoms with E-state index in [9.17, 15) is 4.79 Å². The fraction of sp³-hybridized carbons (Fsp3) is 0.192. The van der Waals surface area contributed by atoms with E-state index in [-0.39, 0.29) is 11.7 Å². The molecule has 0 unspecified atom stereocenters. The van der Waals surface area contributed by atoms with Gasteiger partial charge in [-0.15, -0.1) is 10.2 Å². The summed E-state index contributed by atoms with van der Waals surface area (Å²) in [6, 6.07) is 21.7. The van der Waals surface area contributed by atoms with E-state index in [1.54, 1.807) is 0 Å². The van der Waals surface area contributed by atoms with Gasteiger partial charge in [-0.3, -0.25) is 9.36 Å². The van der Waals surface area contributed by atoms with Crippen LogP contribution in [-0.4, -0.2) is 33.0 Å². The van der Waals surface area contributed by atoms with Crippen molar-refractivity contribution < 1.29 is 9.53 Å². The van der Waals surface area contributed by atoms with Gasteiger partial charge in [0.25, 0.3) is 0 Å². The van der Waals surface area contributed by atoms with Crippen molar-refractivity contribution in [2.24, 2.45) is 0 Å². The molecule has 0 saturated carbocycles. The zero-order valence-corrected chi connectivity index (χ0v) is 21.6. The van der Waals surface area contributed by atoms with Gasteiger partial charge in [-0.1, -0.05) is 51.5 Å². The SMILES string of the molecule is CCOc1ccc(-n2c(SCC(=O)Nc3ccc(Br)cc3C)nnc2-c2cccc(C)c2)cc1. The summed E-state index contributed by atoms with van der Waals surface area (Å²) in [6.07, 6.45) is 0. The maximum Gasteiger partial charge on any atom is 0.234 e. The van der Waals surface area contributed by atoms with E-state index in [1.807, 2.05) is 86.0 Å². The van der Waals surface area contributed by atoms with E-state index < -0.39 is 0 Å². The van der Waals surface area contributed by atoms with Crippen molar-refractivity contribution in [2.75, 3.05) is 17.7 Å². The number of nitrogens with one attached hydrogen (secondary N) is 1. The Bertz CT molecular complexity index is 1300. The number of nitrogens with zero attached hydrogens (tertiary/aromatic N) is 3. The number of ether oxygens (including phenoxy) is 1. The highest BCUT2D eigenvalue weighted by molar-refractivity contribution is 9.10. The van der Waals surface area contributed by atoms with Crippen LogP contribution in [0.1, 0.15) is 18.1 Å². The van der Waals surface area contributed by atoms with Gasteiger partial charge in [0.15, 0.2) is 11.0 Å². The molecule has 0 fully saturated rings. The largest absolute Gasteiger partial charge is 0.494 e. The van der Waals surface area contributed by atoms with E-state index in [1.165, 1.54) is 11.8 Å². The quantitative estimate of drug-likeness (QED) is 0.262. The van der Waals surface area contributed by atoms with Gasteiger partial charge in [-0.05, 0) is 74.9 Å². The first-order valence-corrected chi connectivity index (χ1v) is 12.7. The molecule has 4 aromatic rings. The van der Waals surface area contributed by atoms with E-state index in [0.29, 0.717) is 11.8 Å². The fourth-order valence-electron chi connectivity index (χ4n) is 3.51. The number of halogens is 1. The topological polar surface area (TPSA) is 69.0 Å². The monoisotopic (exact) mass is 536 g/mol. The van der Waals surface area contributed by atoms with Gasteiger partial charge in [0.05, 0.1) is 12.4 Å². The lowest BCUT2D eigenvalue weighted by molar-refractivity contribution is -0.113. The molecular weight excluding hydrogens is 512 g/mol. The third-order valence-corrected chi connectivity index (χ3v) is 6.53. The Labute approximate surface area is 211 Å². The van der Waals surface area contributed by atoms with Crippen LogP contribution in [0.2, 0.25) is 0 Å². The molecule has 0 atom stereocenters. The van der Waals surface area contributed by atoms with Crippen LogP contribution in [0.25, 0.3) is 17.1 Å². The summed E-state index contributed by atoms with van der Waals surface area (Å²) in [5, 5.41) is 12.5. The second-order valence-corrected chi connectivity index (χ2v) is 9.59. The summed E-state index contributed by atoms with van der Waals surface area (Å²) in [6.45, 7) is 6.57. The number of amides is 1. The fourth-order valence-corrected chi connectivity index (χ4v) is 4.74. The number of hydrogen-bond donors (Lipinski definition) is 1. The Morgan fingerprint density at radius 3 is 2.56 bits per heavy atom. The van der Waals surface area contributed by atoms with Crippen molar-refractivity contribution in [3.05, 3.63) is 82.3 Å². The summed E-state index contributed by atoms with van der Waals surface area (Å²) >= 11 is 4.80. The molecule has 174 valence electrons. The molecule has 1 aromatic heterocycles. The van der Waals surface area contributed by atoms with E-state index >= 15 is 0 Å². The first-order chi connectivity index (χ1) is 16.4. The van der Waals surface area contributed by atoms with Crippen LogP contribution < -0.4 is 10.1 Å². The van der Waals surface area contributed by atoms with E-state index in [2.05, 4.69) is 37.5 Å². The molecule has 0 aliphatic carbocycles. The van der Waals surface area contributed by atoms with Crippen LogP contribution >= 0.6 is 27.7 Å². The van der Waals surface area contributed by atoms with Gasteiger partial charge < -0.3 is 10.1 Å². The maximum absolute atomic E-state index is 12.7. The third-order valence-electron chi connectivity index (χ3n) is 5.11. The van der Waals surface area contributed by atoms with Crippen LogP contribution in [0.15, 0.2) is 76.4 Å². The third kappa shape index (κ3) is 5.69. The Kier molecular flexibility index (Phi) is 7.70. The minimum absolute atomic E-state index is 0.103. The Balaban J connectivity index is 1.61. The average molecular weight is 537 g/mol. The number of carbonyl (C=O) groups excluding carboxylic acids is 1. The zero-order chi connectivity index (χ0) is 24.1. The predicted octanol–water partition coefficient (Wildman–Crippen LogP) is 6.44. The highest BCUT2D eigenvalue weighted by Crippen LogP contribution is 2.29. The molecule has 0 aliphatic heterocycles. The lowest BCUT2D eigenvalue weighted by Crippen LogP contribution is -2.15. The molecular formula is C26H25BrN4O2S. The van der Waals surface area contributed by atoms with Crippen molar-refractivity contribution >= 4 is 39.3 Å². The van der Waals surface area contributed by atoms with Crippen LogP contribution in [-0.2, 0) is 4.79 Å². The lowest BCUT2D eigenvalue weighted by atomic mass is 10.1. The number of hydrogen-bond acceptors (Lipinski definition) is 5. The number of rotatable bonds is 8. The number of anilines is 1. The van der Waals surface area contributed by atoms with E-state index in [4.69, 9.17) is 4.74 Å². The highest BCUT2D eigenvalue weighted by Gasteiger charge is 2.18. The second kappa shape index (κ2) is 10.9. The van der Waals surface area contributed by atoms with Gasteiger partial charge >= 0.3 is 0 Å². The predicted molar refractivity (Wildman–Crippen MR) is 141 cm³/mol. The smallest absolute Gasteiger partial charge is 0.234 e. The second-order valence-electron chi connectivity index (χ2n) is 7.73. The first kappa shape index (κ1) is 24.0. The molecule has 4 rings (SSSR count). The van der Waals surface area contributed by atoms with E-state index in [0.717, 1.165) is 44.1 Å². The summed E-state index contributed by atoms with van der Waals surface area (Å²) < 4.78 is 8.55. The number of benzene rings is 3. The molecule has 0 aliphatic rings. The zero-order valence-electron chi connectivity index (χ0n) is 19.2. The molecule has 0 saturated heterocycles. The van der Waals surface area contributed by atoms with Crippen molar-refractivity contribution in [3.63, 3.8) is 0 Å². The number of aromatic nitrogens is 3. The minimum atomic E-state index is -0.103. The number of aryl methyl sites for hydroxylation is 2. The molecule has 8 heteroatoms. The molecule has 1 amide bonds. The summed E-state index contributed by atoms with van der Waals surface area (Å²) in [5.41, 5.74) is 4.78. The standard InChI is InChI=1S/C26H25BrN4O2S/c1-4-33-22-11-9-21(10-12-22)31-25(19-7-5-6-17(2)14-19)29-30-26(31)34-16-24(32)28-23-13-8-20(27)15-18(23)3/h5-15H,4,16H2,1-3H3,(H,28,32). The molecule has 1 N–H and O–H groups in total. The van der Waals surface area contributed by atoms with Crippen molar-refractivity contribution in [3.8, 4) is 22.8 Å².